The highest BCUT2D eigenvalue weighted by molar-refractivity contribution is 5.51. The number of phenolic OH excluding ortho intramolecular Hbond substituents is 1. The summed E-state index contributed by atoms with van der Waals surface area (Å²) < 4.78 is 28.6. The molecule has 46 heavy (non-hydrogen) atoms. The Hall–Kier alpha value is -4.40. The van der Waals surface area contributed by atoms with Crippen LogP contribution in [0.5, 0.6) is 40.2 Å². The maximum atomic E-state index is 10.5. The van der Waals surface area contributed by atoms with Gasteiger partial charge in [-0.05, 0) is 122 Å². The van der Waals surface area contributed by atoms with Gasteiger partial charge in [0.15, 0.2) is 34.5 Å². The zero-order valence-electron chi connectivity index (χ0n) is 27.6. The number of phenols is 1. The van der Waals surface area contributed by atoms with Gasteiger partial charge < -0.3 is 28.8 Å². The Morgan fingerprint density at radius 1 is 0.587 bits per heavy atom. The minimum atomic E-state index is 0.116. The third-order valence-electron chi connectivity index (χ3n) is 9.57. The van der Waals surface area contributed by atoms with E-state index in [2.05, 4.69) is 60.3 Å². The van der Waals surface area contributed by atoms with E-state index in [-0.39, 0.29) is 17.8 Å². The first kappa shape index (κ1) is 31.6. The lowest BCUT2D eigenvalue weighted by atomic mass is 9.88. The van der Waals surface area contributed by atoms with Gasteiger partial charge in [0.2, 0.25) is 0 Å². The van der Waals surface area contributed by atoms with Crippen LogP contribution in [-0.4, -0.2) is 70.5 Å². The largest absolute Gasteiger partial charge is 0.504 e. The molecule has 0 aliphatic carbocycles. The molecule has 6 rings (SSSR count). The second kappa shape index (κ2) is 13.5. The number of methoxy groups -OCH3 is 4. The van der Waals surface area contributed by atoms with Crippen LogP contribution in [0.25, 0.3) is 0 Å². The third kappa shape index (κ3) is 6.32. The molecule has 0 amide bonds. The van der Waals surface area contributed by atoms with Crippen molar-refractivity contribution < 1.29 is 28.8 Å². The predicted molar refractivity (Wildman–Crippen MR) is 179 cm³/mol. The summed E-state index contributed by atoms with van der Waals surface area (Å²) in [6, 6.07) is 22.9. The fraction of sp³-hybridized carbons (Fsp3) is 0.368. The number of aromatic hydroxyl groups is 1. The van der Waals surface area contributed by atoms with Gasteiger partial charge in [0.05, 0.1) is 28.4 Å². The Morgan fingerprint density at radius 3 is 1.72 bits per heavy atom. The molecule has 0 fully saturated rings. The van der Waals surface area contributed by atoms with Crippen molar-refractivity contribution in [3.8, 4) is 40.2 Å². The Labute approximate surface area is 272 Å². The number of fused-ring (bicyclic) bond motifs is 2. The number of rotatable bonds is 10. The van der Waals surface area contributed by atoms with Crippen molar-refractivity contribution in [3.05, 3.63) is 100 Å². The molecule has 8 nitrogen and oxygen atoms in total. The molecule has 1 N–H and O–H groups in total. The van der Waals surface area contributed by atoms with Crippen LogP contribution < -0.4 is 23.7 Å². The van der Waals surface area contributed by atoms with Crippen LogP contribution in [-0.2, 0) is 25.7 Å². The number of hydrogen-bond acceptors (Lipinski definition) is 8. The molecular weight excluding hydrogens is 580 g/mol. The SMILES string of the molecule is COc1cc2c(cc1O)[C@H](Cc1ccc(OC)c(Oc3ccc(C[C@H]4c5cc(OC)c(OC)cc5CCN4C)cc3)c1)N(C)CC2. The van der Waals surface area contributed by atoms with Gasteiger partial charge >= 0.3 is 0 Å². The van der Waals surface area contributed by atoms with Crippen LogP contribution in [0, 0.1) is 0 Å². The topological polar surface area (TPSA) is 72.9 Å². The maximum absolute atomic E-state index is 10.5. The molecule has 242 valence electrons. The highest BCUT2D eigenvalue weighted by Crippen LogP contribution is 2.41. The van der Waals surface area contributed by atoms with Gasteiger partial charge in [-0.1, -0.05) is 18.2 Å². The van der Waals surface area contributed by atoms with Crippen LogP contribution in [0.3, 0.4) is 0 Å². The number of benzene rings is 4. The summed E-state index contributed by atoms with van der Waals surface area (Å²) in [4.78, 5) is 4.75. The molecule has 0 saturated heterocycles. The van der Waals surface area contributed by atoms with E-state index < -0.39 is 0 Å². The Bertz CT molecular complexity index is 1690. The molecule has 0 bridgehead atoms. The summed E-state index contributed by atoms with van der Waals surface area (Å²) in [5, 5.41) is 10.5. The van der Waals surface area contributed by atoms with Gasteiger partial charge in [-0.3, -0.25) is 9.80 Å². The van der Waals surface area contributed by atoms with Gasteiger partial charge in [0, 0.05) is 25.2 Å². The average molecular weight is 625 g/mol. The number of likely N-dealkylation sites (N-methyl/N-ethyl adjacent to an activating group) is 2. The monoisotopic (exact) mass is 624 g/mol. The highest BCUT2D eigenvalue weighted by Gasteiger charge is 2.28. The summed E-state index contributed by atoms with van der Waals surface area (Å²) in [5.74, 6) is 4.33. The second-order valence-corrected chi connectivity index (χ2v) is 12.3. The molecule has 2 atom stereocenters. The molecule has 0 saturated carbocycles. The first-order valence-electron chi connectivity index (χ1n) is 15.8. The van der Waals surface area contributed by atoms with Crippen LogP contribution in [0.4, 0.5) is 0 Å². The molecule has 2 aliphatic heterocycles. The molecule has 2 heterocycles. The van der Waals surface area contributed by atoms with E-state index in [1.165, 1.54) is 22.3 Å². The maximum Gasteiger partial charge on any atom is 0.169 e. The van der Waals surface area contributed by atoms with E-state index in [0.717, 1.165) is 67.1 Å². The van der Waals surface area contributed by atoms with Crippen LogP contribution >= 0.6 is 0 Å². The second-order valence-electron chi connectivity index (χ2n) is 12.3. The van der Waals surface area contributed by atoms with E-state index in [0.29, 0.717) is 17.2 Å². The van der Waals surface area contributed by atoms with Crippen molar-refractivity contribution >= 4 is 0 Å². The van der Waals surface area contributed by atoms with E-state index in [1.54, 1.807) is 28.4 Å². The Balaban J connectivity index is 1.20. The smallest absolute Gasteiger partial charge is 0.169 e. The van der Waals surface area contributed by atoms with Crippen molar-refractivity contribution in [2.75, 3.05) is 55.6 Å². The molecule has 4 aromatic rings. The summed E-state index contributed by atoms with van der Waals surface area (Å²) in [6.07, 6.45) is 3.53. The summed E-state index contributed by atoms with van der Waals surface area (Å²) in [6.45, 7) is 1.92. The molecule has 0 spiro atoms. The molecule has 2 aliphatic rings. The molecular formula is C38H44N2O6. The van der Waals surface area contributed by atoms with E-state index in [4.69, 9.17) is 23.7 Å². The lowest BCUT2D eigenvalue weighted by Crippen LogP contribution is -2.33. The van der Waals surface area contributed by atoms with Crippen molar-refractivity contribution in [2.45, 2.75) is 37.8 Å². The Kier molecular flexibility index (Phi) is 9.29. The zero-order chi connectivity index (χ0) is 32.4. The minimum absolute atomic E-state index is 0.116. The first-order chi connectivity index (χ1) is 22.3. The molecule has 0 unspecified atom stereocenters. The first-order valence-corrected chi connectivity index (χ1v) is 15.8. The number of ether oxygens (including phenoxy) is 5. The lowest BCUT2D eigenvalue weighted by Gasteiger charge is -2.35. The van der Waals surface area contributed by atoms with Crippen LogP contribution in [0.1, 0.15) is 45.5 Å². The van der Waals surface area contributed by atoms with Gasteiger partial charge in [-0.25, -0.2) is 0 Å². The molecule has 8 heteroatoms. The average Bonchev–Trinajstić information content (AvgIpc) is 3.07. The van der Waals surface area contributed by atoms with Crippen molar-refractivity contribution in [1.29, 1.82) is 0 Å². The third-order valence-corrected chi connectivity index (χ3v) is 9.57. The zero-order valence-corrected chi connectivity index (χ0v) is 27.6. The van der Waals surface area contributed by atoms with Crippen LogP contribution in [0.2, 0.25) is 0 Å². The standard InChI is InChI=1S/C38H44N2O6/c1-39-16-14-27-21-36(44-5)37(45-6)23-30(27)31(39)17-24-7-10-28(11-8-24)46-38-19-25(9-12-34(38)42-3)18-32-29-22-33(41)35(43-4)20-26(29)13-15-40(32)2/h7-12,19-23,31-32,41H,13-18H2,1-6H3/t31-,32-/m0/s1. The number of hydrogen-bond donors (Lipinski definition) is 1. The lowest BCUT2D eigenvalue weighted by molar-refractivity contribution is 0.228. The minimum Gasteiger partial charge on any atom is -0.504 e. The molecule has 0 aromatic heterocycles. The van der Waals surface area contributed by atoms with Gasteiger partial charge in [0.1, 0.15) is 5.75 Å². The van der Waals surface area contributed by atoms with Crippen molar-refractivity contribution in [1.82, 2.24) is 9.80 Å². The van der Waals surface area contributed by atoms with E-state index in [9.17, 15) is 5.11 Å². The predicted octanol–water partition coefficient (Wildman–Crippen LogP) is 6.76. The van der Waals surface area contributed by atoms with Gasteiger partial charge in [-0.15, -0.1) is 0 Å². The fourth-order valence-corrected chi connectivity index (χ4v) is 6.89. The normalized spacial score (nSPS) is 18.0. The van der Waals surface area contributed by atoms with Crippen molar-refractivity contribution in [3.63, 3.8) is 0 Å². The summed E-state index contributed by atoms with van der Waals surface area (Å²) in [5.41, 5.74) is 7.29. The highest BCUT2D eigenvalue weighted by atomic mass is 16.5. The summed E-state index contributed by atoms with van der Waals surface area (Å²) in [7, 11) is 10.9. The van der Waals surface area contributed by atoms with Crippen molar-refractivity contribution in [2.24, 2.45) is 0 Å². The number of nitrogens with zero attached hydrogens (tertiary/aromatic N) is 2. The summed E-state index contributed by atoms with van der Waals surface area (Å²) >= 11 is 0. The molecule has 0 radical (unpaired) electrons. The quantitative estimate of drug-likeness (QED) is 0.208. The van der Waals surface area contributed by atoms with E-state index in [1.807, 2.05) is 30.3 Å². The van der Waals surface area contributed by atoms with E-state index >= 15 is 0 Å². The van der Waals surface area contributed by atoms with Crippen LogP contribution in [0.15, 0.2) is 66.7 Å². The Morgan fingerprint density at radius 2 is 1.11 bits per heavy atom. The van der Waals surface area contributed by atoms with Gasteiger partial charge in [-0.2, -0.15) is 0 Å². The fourth-order valence-electron chi connectivity index (χ4n) is 6.89. The van der Waals surface area contributed by atoms with Gasteiger partial charge in [0.25, 0.3) is 0 Å². The molecule has 4 aromatic carbocycles.